The number of benzene rings is 1. The standard InChI is InChI=1S/C15H18N2O4/c1-10(18)16(2)12-4-6-13(7-5-12)17-9-11(8-14(17)19)15(20)21-3/h4-7,11H,8-9H2,1-3H3. The lowest BCUT2D eigenvalue weighted by Crippen LogP contribution is -2.26. The highest BCUT2D eigenvalue weighted by Crippen LogP contribution is 2.27. The first-order chi connectivity index (χ1) is 9.93. The molecule has 0 radical (unpaired) electrons. The van der Waals surface area contributed by atoms with Crippen molar-refractivity contribution in [3.8, 4) is 0 Å². The summed E-state index contributed by atoms with van der Waals surface area (Å²) < 4.78 is 4.68. The highest BCUT2D eigenvalue weighted by molar-refractivity contribution is 5.99. The van der Waals surface area contributed by atoms with Gasteiger partial charge in [0.2, 0.25) is 11.8 Å². The summed E-state index contributed by atoms with van der Waals surface area (Å²) in [5, 5.41) is 0. The van der Waals surface area contributed by atoms with Gasteiger partial charge in [0.1, 0.15) is 0 Å². The Kier molecular flexibility index (Phi) is 4.26. The van der Waals surface area contributed by atoms with Crippen LogP contribution in [0.15, 0.2) is 24.3 Å². The minimum atomic E-state index is -0.415. The smallest absolute Gasteiger partial charge is 0.311 e. The second-order valence-corrected chi connectivity index (χ2v) is 5.02. The summed E-state index contributed by atoms with van der Waals surface area (Å²) in [7, 11) is 3.01. The van der Waals surface area contributed by atoms with Crippen LogP contribution >= 0.6 is 0 Å². The minimum Gasteiger partial charge on any atom is -0.469 e. The third-order valence-corrected chi connectivity index (χ3v) is 3.68. The fourth-order valence-corrected chi connectivity index (χ4v) is 2.32. The Labute approximate surface area is 123 Å². The molecule has 21 heavy (non-hydrogen) atoms. The zero-order valence-corrected chi connectivity index (χ0v) is 12.3. The van der Waals surface area contributed by atoms with Crippen molar-refractivity contribution in [2.45, 2.75) is 13.3 Å². The first kappa shape index (κ1) is 15.0. The predicted molar refractivity (Wildman–Crippen MR) is 78.0 cm³/mol. The van der Waals surface area contributed by atoms with Crippen molar-refractivity contribution in [1.29, 1.82) is 0 Å². The monoisotopic (exact) mass is 290 g/mol. The Morgan fingerprint density at radius 3 is 2.43 bits per heavy atom. The van der Waals surface area contributed by atoms with Gasteiger partial charge in [0.25, 0.3) is 0 Å². The third kappa shape index (κ3) is 3.04. The summed E-state index contributed by atoms with van der Waals surface area (Å²) in [4.78, 5) is 37.9. The Morgan fingerprint density at radius 1 is 1.29 bits per heavy atom. The Hall–Kier alpha value is -2.37. The van der Waals surface area contributed by atoms with Gasteiger partial charge in [-0.05, 0) is 24.3 Å². The third-order valence-electron chi connectivity index (χ3n) is 3.68. The number of amides is 2. The topological polar surface area (TPSA) is 66.9 Å². The molecule has 0 N–H and O–H groups in total. The van der Waals surface area contributed by atoms with Gasteiger partial charge in [-0.25, -0.2) is 0 Å². The Bertz CT molecular complexity index is 568. The maximum Gasteiger partial charge on any atom is 0.311 e. The van der Waals surface area contributed by atoms with Gasteiger partial charge in [-0.1, -0.05) is 0 Å². The van der Waals surface area contributed by atoms with Crippen LogP contribution in [0.25, 0.3) is 0 Å². The molecule has 1 saturated heterocycles. The van der Waals surface area contributed by atoms with E-state index in [2.05, 4.69) is 4.74 Å². The van der Waals surface area contributed by atoms with Gasteiger partial charge < -0.3 is 14.5 Å². The van der Waals surface area contributed by atoms with E-state index in [0.29, 0.717) is 12.2 Å². The molecule has 1 aliphatic heterocycles. The Balaban J connectivity index is 2.14. The van der Waals surface area contributed by atoms with Crippen molar-refractivity contribution in [2.75, 3.05) is 30.5 Å². The van der Waals surface area contributed by atoms with Crippen LogP contribution in [-0.4, -0.2) is 38.5 Å². The molecule has 0 saturated carbocycles. The first-order valence-electron chi connectivity index (χ1n) is 6.66. The molecule has 1 unspecified atom stereocenters. The highest BCUT2D eigenvalue weighted by Gasteiger charge is 2.35. The molecule has 2 amide bonds. The van der Waals surface area contributed by atoms with Crippen molar-refractivity contribution in [1.82, 2.24) is 0 Å². The number of anilines is 2. The summed E-state index contributed by atoms with van der Waals surface area (Å²) in [6, 6.07) is 7.09. The molecule has 0 bridgehead atoms. The molecule has 0 aromatic heterocycles. The molecule has 0 spiro atoms. The van der Waals surface area contributed by atoms with E-state index in [1.54, 1.807) is 36.2 Å². The largest absolute Gasteiger partial charge is 0.469 e. The molecule has 1 heterocycles. The van der Waals surface area contributed by atoms with Gasteiger partial charge in [-0.3, -0.25) is 14.4 Å². The van der Waals surface area contributed by atoms with E-state index in [1.165, 1.54) is 18.9 Å². The fraction of sp³-hybridized carbons (Fsp3) is 0.400. The minimum absolute atomic E-state index is 0.0641. The number of carbonyl (C=O) groups is 3. The zero-order chi connectivity index (χ0) is 15.6. The summed E-state index contributed by atoms with van der Waals surface area (Å²) in [5.41, 5.74) is 1.47. The highest BCUT2D eigenvalue weighted by atomic mass is 16.5. The van der Waals surface area contributed by atoms with Crippen LogP contribution in [-0.2, 0) is 19.1 Å². The van der Waals surface area contributed by atoms with E-state index in [0.717, 1.165) is 5.69 Å². The number of hydrogen-bond donors (Lipinski definition) is 0. The molecule has 1 fully saturated rings. The molecule has 1 atom stereocenters. The maximum atomic E-state index is 12.0. The summed E-state index contributed by atoms with van der Waals surface area (Å²) in [6.45, 7) is 1.81. The molecule has 1 aliphatic rings. The molecular weight excluding hydrogens is 272 g/mol. The van der Waals surface area contributed by atoms with Gasteiger partial charge in [0.05, 0.1) is 13.0 Å². The zero-order valence-electron chi connectivity index (χ0n) is 12.3. The maximum absolute atomic E-state index is 12.0. The van der Waals surface area contributed by atoms with Crippen LogP contribution in [0, 0.1) is 5.92 Å². The SMILES string of the molecule is COC(=O)C1CC(=O)N(c2ccc(N(C)C(C)=O)cc2)C1. The molecule has 112 valence electrons. The van der Waals surface area contributed by atoms with Gasteiger partial charge >= 0.3 is 5.97 Å². The number of carbonyl (C=O) groups excluding carboxylic acids is 3. The fourth-order valence-electron chi connectivity index (χ4n) is 2.32. The number of hydrogen-bond acceptors (Lipinski definition) is 4. The van der Waals surface area contributed by atoms with E-state index in [4.69, 9.17) is 0 Å². The molecular formula is C15H18N2O4. The Morgan fingerprint density at radius 2 is 1.90 bits per heavy atom. The quantitative estimate of drug-likeness (QED) is 0.784. The van der Waals surface area contributed by atoms with Crippen LogP contribution in [0.1, 0.15) is 13.3 Å². The lowest BCUT2D eigenvalue weighted by atomic mass is 10.1. The first-order valence-corrected chi connectivity index (χ1v) is 6.66. The molecule has 0 aliphatic carbocycles. The van der Waals surface area contributed by atoms with Crippen LogP contribution in [0.3, 0.4) is 0 Å². The van der Waals surface area contributed by atoms with Crippen LogP contribution in [0.4, 0.5) is 11.4 Å². The van der Waals surface area contributed by atoms with E-state index in [9.17, 15) is 14.4 Å². The number of nitrogens with zero attached hydrogens (tertiary/aromatic N) is 2. The number of esters is 1. The summed E-state index contributed by atoms with van der Waals surface area (Å²) >= 11 is 0. The molecule has 1 aromatic carbocycles. The van der Waals surface area contributed by atoms with E-state index < -0.39 is 5.92 Å². The van der Waals surface area contributed by atoms with Gasteiger partial charge in [-0.15, -0.1) is 0 Å². The second kappa shape index (κ2) is 5.95. The molecule has 2 rings (SSSR count). The lowest BCUT2D eigenvalue weighted by Gasteiger charge is -2.19. The second-order valence-electron chi connectivity index (χ2n) is 5.02. The normalized spacial score (nSPS) is 17.8. The van der Waals surface area contributed by atoms with Crippen molar-refractivity contribution in [2.24, 2.45) is 5.92 Å². The van der Waals surface area contributed by atoms with Crippen LogP contribution in [0.2, 0.25) is 0 Å². The van der Waals surface area contributed by atoms with Gasteiger partial charge in [0.15, 0.2) is 0 Å². The number of rotatable bonds is 3. The summed E-state index contributed by atoms with van der Waals surface area (Å²) in [6.07, 6.45) is 0.168. The summed E-state index contributed by atoms with van der Waals surface area (Å²) in [5.74, 6) is -0.940. The van der Waals surface area contributed by atoms with Crippen LogP contribution < -0.4 is 9.80 Å². The average molecular weight is 290 g/mol. The predicted octanol–water partition coefficient (Wildman–Crippen LogP) is 1.20. The van der Waals surface area contributed by atoms with Crippen molar-refractivity contribution in [3.63, 3.8) is 0 Å². The van der Waals surface area contributed by atoms with Crippen molar-refractivity contribution < 1.29 is 19.1 Å². The number of methoxy groups -OCH3 is 1. The molecule has 1 aromatic rings. The molecule has 6 heteroatoms. The van der Waals surface area contributed by atoms with E-state index >= 15 is 0 Å². The lowest BCUT2D eigenvalue weighted by molar-refractivity contribution is -0.145. The van der Waals surface area contributed by atoms with Gasteiger partial charge in [0, 0.05) is 38.3 Å². The van der Waals surface area contributed by atoms with Crippen molar-refractivity contribution in [3.05, 3.63) is 24.3 Å². The van der Waals surface area contributed by atoms with E-state index in [1.807, 2.05) is 0 Å². The van der Waals surface area contributed by atoms with Crippen LogP contribution in [0.5, 0.6) is 0 Å². The van der Waals surface area contributed by atoms with E-state index in [-0.39, 0.29) is 24.2 Å². The average Bonchev–Trinajstić information content (AvgIpc) is 2.87. The molecule has 6 nitrogen and oxygen atoms in total. The van der Waals surface area contributed by atoms with Gasteiger partial charge in [-0.2, -0.15) is 0 Å². The van der Waals surface area contributed by atoms with Crippen molar-refractivity contribution >= 4 is 29.2 Å². The number of ether oxygens (including phenoxy) is 1.